The Morgan fingerprint density at radius 1 is 1.06 bits per heavy atom. The number of likely N-dealkylation sites (N-methyl/N-ethyl adjacent to an activating group) is 1. The van der Waals surface area contributed by atoms with E-state index in [0.717, 1.165) is 12.3 Å². The maximum Gasteiger partial charge on any atom is 0.315 e. The number of hydrogen-bond acceptors (Lipinski definition) is 2. The Kier molecular flexibility index (Phi) is 7.22. The second-order valence-corrected chi connectivity index (χ2v) is 4.86. The van der Waals surface area contributed by atoms with E-state index < -0.39 is 0 Å². The molecule has 0 bridgehead atoms. The first kappa shape index (κ1) is 14.8. The first-order chi connectivity index (χ1) is 8.72. The van der Waals surface area contributed by atoms with Crippen molar-refractivity contribution in [3.05, 3.63) is 0 Å². The van der Waals surface area contributed by atoms with Gasteiger partial charge in [-0.25, -0.2) is 4.79 Å². The molecular formula is C13H25N3O2. The van der Waals surface area contributed by atoms with Crippen molar-refractivity contribution in [1.82, 2.24) is 16.0 Å². The van der Waals surface area contributed by atoms with Crippen LogP contribution < -0.4 is 16.0 Å². The fraction of sp³-hybridized carbons (Fsp3) is 0.846. The summed E-state index contributed by atoms with van der Waals surface area (Å²) in [4.78, 5) is 22.5. The van der Waals surface area contributed by atoms with Crippen LogP contribution in [0.1, 0.15) is 45.4 Å². The van der Waals surface area contributed by atoms with Crippen LogP contribution in [0, 0.1) is 5.92 Å². The first-order valence-electron chi connectivity index (χ1n) is 7.00. The van der Waals surface area contributed by atoms with E-state index in [9.17, 15) is 9.59 Å². The third-order valence-corrected chi connectivity index (χ3v) is 3.35. The number of rotatable bonds is 6. The van der Waals surface area contributed by atoms with E-state index in [4.69, 9.17) is 0 Å². The van der Waals surface area contributed by atoms with Gasteiger partial charge in [-0.3, -0.25) is 4.79 Å². The molecule has 1 saturated carbocycles. The highest BCUT2D eigenvalue weighted by molar-refractivity contribution is 5.83. The molecule has 0 aliphatic heterocycles. The number of urea groups is 1. The largest absolute Gasteiger partial charge is 0.355 e. The van der Waals surface area contributed by atoms with Crippen LogP contribution in [0.4, 0.5) is 4.79 Å². The van der Waals surface area contributed by atoms with Crippen molar-refractivity contribution in [3.63, 3.8) is 0 Å². The summed E-state index contributed by atoms with van der Waals surface area (Å²) < 4.78 is 0. The summed E-state index contributed by atoms with van der Waals surface area (Å²) in [6.45, 7) is 3.18. The molecule has 1 aliphatic rings. The smallest absolute Gasteiger partial charge is 0.315 e. The minimum absolute atomic E-state index is 0.0447. The third-order valence-electron chi connectivity index (χ3n) is 3.35. The van der Waals surface area contributed by atoms with Crippen molar-refractivity contribution in [1.29, 1.82) is 0 Å². The Morgan fingerprint density at radius 3 is 2.44 bits per heavy atom. The molecule has 1 rings (SSSR count). The van der Waals surface area contributed by atoms with Crippen molar-refractivity contribution in [2.45, 2.75) is 45.4 Å². The molecule has 0 atom stereocenters. The number of hydrogen-bond donors (Lipinski definition) is 3. The predicted octanol–water partition coefficient (Wildman–Crippen LogP) is 1.39. The van der Waals surface area contributed by atoms with Gasteiger partial charge in [-0.1, -0.05) is 32.1 Å². The molecule has 5 nitrogen and oxygen atoms in total. The van der Waals surface area contributed by atoms with Crippen LogP contribution in [0.2, 0.25) is 0 Å². The molecule has 1 aliphatic carbocycles. The molecular weight excluding hydrogens is 230 g/mol. The SMILES string of the molecule is CCNC(=O)CNC(=O)NCCC1CCCCC1. The number of carbonyl (C=O) groups excluding carboxylic acids is 2. The van der Waals surface area contributed by atoms with Crippen LogP contribution in [0.25, 0.3) is 0 Å². The van der Waals surface area contributed by atoms with Gasteiger partial charge >= 0.3 is 6.03 Å². The Hall–Kier alpha value is -1.26. The molecule has 1 fully saturated rings. The molecule has 0 aromatic carbocycles. The van der Waals surface area contributed by atoms with Gasteiger partial charge in [0, 0.05) is 13.1 Å². The minimum atomic E-state index is -0.253. The molecule has 18 heavy (non-hydrogen) atoms. The fourth-order valence-corrected chi connectivity index (χ4v) is 2.35. The average molecular weight is 255 g/mol. The fourth-order valence-electron chi connectivity index (χ4n) is 2.35. The molecule has 0 radical (unpaired) electrons. The van der Waals surface area contributed by atoms with Gasteiger partial charge < -0.3 is 16.0 Å². The van der Waals surface area contributed by atoms with E-state index in [2.05, 4.69) is 16.0 Å². The molecule has 0 unspecified atom stereocenters. The highest BCUT2D eigenvalue weighted by atomic mass is 16.2. The summed E-state index contributed by atoms with van der Waals surface area (Å²) >= 11 is 0. The summed E-state index contributed by atoms with van der Waals surface area (Å²) in [5.74, 6) is 0.613. The van der Waals surface area contributed by atoms with Crippen molar-refractivity contribution >= 4 is 11.9 Å². The maximum absolute atomic E-state index is 11.4. The van der Waals surface area contributed by atoms with Crippen molar-refractivity contribution in [2.75, 3.05) is 19.6 Å². The molecule has 0 spiro atoms. The summed E-state index contributed by atoms with van der Waals surface area (Å²) in [6.07, 6.45) is 7.65. The lowest BCUT2D eigenvalue weighted by molar-refractivity contribution is -0.119. The van der Waals surface area contributed by atoms with Crippen LogP contribution in [-0.2, 0) is 4.79 Å². The Morgan fingerprint density at radius 2 is 1.78 bits per heavy atom. The van der Waals surface area contributed by atoms with E-state index in [1.54, 1.807) is 0 Å². The Labute approximate surface area is 109 Å². The molecule has 0 heterocycles. The van der Waals surface area contributed by atoms with Gasteiger partial charge in [0.15, 0.2) is 0 Å². The van der Waals surface area contributed by atoms with Crippen molar-refractivity contribution in [2.24, 2.45) is 5.92 Å². The molecule has 0 aromatic rings. The van der Waals surface area contributed by atoms with Gasteiger partial charge in [0.25, 0.3) is 0 Å². The van der Waals surface area contributed by atoms with Crippen LogP contribution in [0.5, 0.6) is 0 Å². The maximum atomic E-state index is 11.4. The Bertz CT molecular complexity index is 263. The number of amides is 3. The third kappa shape index (κ3) is 6.47. The van der Waals surface area contributed by atoms with E-state index >= 15 is 0 Å². The lowest BCUT2D eigenvalue weighted by Crippen LogP contribution is -2.42. The summed E-state index contributed by atoms with van der Waals surface area (Å²) in [5.41, 5.74) is 0. The predicted molar refractivity (Wildman–Crippen MR) is 71.3 cm³/mol. The molecule has 3 amide bonds. The topological polar surface area (TPSA) is 70.2 Å². The van der Waals surface area contributed by atoms with E-state index in [1.807, 2.05) is 6.92 Å². The summed E-state index contributed by atoms with van der Waals surface area (Å²) in [5, 5.41) is 7.97. The van der Waals surface area contributed by atoms with Crippen LogP contribution >= 0.6 is 0 Å². The highest BCUT2D eigenvalue weighted by Crippen LogP contribution is 2.25. The number of carbonyl (C=O) groups is 2. The van der Waals surface area contributed by atoms with Gasteiger partial charge in [0.2, 0.25) is 5.91 Å². The van der Waals surface area contributed by atoms with Crippen molar-refractivity contribution in [3.8, 4) is 0 Å². The average Bonchev–Trinajstić information content (AvgIpc) is 2.38. The summed E-state index contributed by atoms with van der Waals surface area (Å²) in [7, 11) is 0. The normalized spacial score (nSPS) is 16.1. The number of nitrogens with one attached hydrogen (secondary N) is 3. The van der Waals surface area contributed by atoms with Gasteiger partial charge in [-0.05, 0) is 19.3 Å². The molecule has 0 aromatic heterocycles. The second-order valence-electron chi connectivity index (χ2n) is 4.86. The van der Waals surface area contributed by atoms with Crippen LogP contribution in [-0.4, -0.2) is 31.6 Å². The molecule has 5 heteroatoms. The summed E-state index contributed by atoms with van der Waals surface area (Å²) in [6, 6.07) is -0.253. The first-order valence-corrected chi connectivity index (χ1v) is 7.00. The standard InChI is InChI=1S/C13H25N3O2/c1-2-14-12(17)10-16-13(18)15-9-8-11-6-4-3-5-7-11/h11H,2-10H2,1H3,(H,14,17)(H2,15,16,18). The molecule has 3 N–H and O–H groups in total. The second kappa shape index (κ2) is 8.78. The quantitative estimate of drug-likeness (QED) is 0.671. The minimum Gasteiger partial charge on any atom is -0.355 e. The van der Waals surface area contributed by atoms with E-state index in [1.165, 1.54) is 32.1 Å². The zero-order chi connectivity index (χ0) is 13.2. The van der Waals surface area contributed by atoms with Gasteiger partial charge in [-0.2, -0.15) is 0 Å². The molecule has 104 valence electrons. The zero-order valence-corrected chi connectivity index (χ0v) is 11.3. The van der Waals surface area contributed by atoms with Crippen molar-refractivity contribution < 1.29 is 9.59 Å². The van der Waals surface area contributed by atoms with Gasteiger partial charge in [0.05, 0.1) is 6.54 Å². The van der Waals surface area contributed by atoms with E-state index in [-0.39, 0.29) is 18.5 Å². The lowest BCUT2D eigenvalue weighted by atomic mass is 9.87. The van der Waals surface area contributed by atoms with Crippen LogP contribution in [0.3, 0.4) is 0 Å². The van der Waals surface area contributed by atoms with E-state index in [0.29, 0.717) is 13.1 Å². The van der Waals surface area contributed by atoms with Gasteiger partial charge in [0.1, 0.15) is 0 Å². The highest BCUT2D eigenvalue weighted by Gasteiger charge is 2.13. The Balaban J connectivity index is 2.00. The zero-order valence-electron chi connectivity index (χ0n) is 11.3. The lowest BCUT2D eigenvalue weighted by Gasteiger charge is -2.21. The monoisotopic (exact) mass is 255 g/mol. The van der Waals surface area contributed by atoms with Gasteiger partial charge in [-0.15, -0.1) is 0 Å². The molecule has 0 saturated heterocycles. The van der Waals surface area contributed by atoms with Crippen LogP contribution in [0.15, 0.2) is 0 Å².